The topological polar surface area (TPSA) is 62.3 Å². The van der Waals surface area contributed by atoms with Crippen LogP contribution in [0.3, 0.4) is 0 Å². The highest BCUT2D eigenvalue weighted by molar-refractivity contribution is 7.88. The fraction of sp³-hybridized carbons (Fsp3) is 0.438. The molecule has 0 radical (unpaired) electrons. The van der Waals surface area contributed by atoms with Gasteiger partial charge in [0.05, 0.1) is 5.75 Å². The zero-order valence-electron chi connectivity index (χ0n) is 13.2. The molecule has 5 nitrogen and oxygen atoms in total. The van der Waals surface area contributed by atoms with E-state index in [9.17, 15) is 8.42 Å². The molecule has 1 unspecified atom stereocenters. The first-order chi connectivity index (χ1) is 11.5. The minimum absolute atomic E-state index is 0.0452. The van der Waals surface area contributed by atoms with E-state index in [1.54, 1.807) is 41.8 Å². The molecule has 0 saturated carbocycles. The number of aromatic nitrogens is 1. The van der Waals surface area contributed by atoms with E-state index in [1.807, 2.05) is 5.38 Å². The van der Waals surface area contributed by atoms with Crippen LogP contribution in [0.1, 0.15) is 18.4 Å². The van der Waals surface area contributed by atoms with Crippen molar-refractivity contribution in [2.75, 3.05) is 24.5 Å². The zero-order chi connectivity index (χ0) is 17.0. The lowest BCUT2D eigenvalue weighted by molar-refractivity contribution is 0.410. The van der Waals surface area contributed by atoms with Gasteiger partial charge in [0.25, 0.3) is 0 Å². The van der Waals surface area contributed by atoms with Crippen molar-refractivity contribution in [3.8, 4) is 0 Å². The van der Waals surface area contributed by atoms with Gasteiger partial charge in [-0.15, -0.1) is 11.3 Å². The predicted molar refractivity (Wildman–Crippen MR) is 99.1 cm³/mol. The summed E-state index contributed by atoms with van der Waals surface area (Å²) in [4.78, 5) is 6.58. The number of hydrogen-bond acceptors (Lipinski definition) is 5. The number of halogens is 1. The Hall–Kier alpha value is -1.15. The Balaban J connectivity index is 1.54. The van der Waals surface area contributed by atoms with Gasteiger partial charge in [-0.25, -0.2) is 18.1 Å². The molecule has 0 spiro atoms. The second kappa shape index (κ2) is 7.82. The third-order valence-electron chi connectivity index (χ3n) is 4.05. The van der Waals surface area contributed by atoms with Gasteiger partial charge in [-0.2, -0.15) is 0 Å². The summed E-state index contributed by atoms with van der Waals surface area (Å²) < 4.78 is 27.3. The zero-order valence-corrected chi connectivity index (χ0v) is 15.6. The number of benzene rings is 1. The Labute approximate surface area is 151 Å². The molecule has 1 aromatic carbocycles. The summed E-state index contributed by atoms with van der Waals surface area (Å²) in [6, 6.07) is 6.96. The van der Waals surface area contributed by atoms with E-state index >= 15 is 0 Å². The average molecular weight is 386 g/mol. The van der Waals surface area contributed by atoms with Crippen molar-refractivity contribution in [2.45, 2.75) is 18.6 Å². The number of nitrogens with one attached hydrogen (secondary N) is 1. The van der Waals surface area contributed by atoms with E-state index in [4.69, 9.17) is 11.6 Å². The van der Waals surface area contributed by atoms with Crippen LogP contribution in [-0.2, 0) is 15.8 Å². The SMILES string of the molecule is O=S(=O)(Cc1cccc(Cl)c1)NCC1CCCN(c2nccs2)C1. The van der Waals surface area contributed by atoms with Crippen LogP contribution < -0.4 is 9.62 Å². The molecule has 0 aliphatic carbocycles. The Bertz CT molecular complexity index is 765. The lowest BCUT2D eigenvalue weighted by Crippen LogP contribution is -2.41. The standard InChI is InChI=1S/C16H20ClN3O2S2/c17-15-5-1-3-13(9-15)12-24(21,22)19-10-14-4-2-7-20(11-14)16-18-6-8-23-16/h1,3,5-6,8-9,14,19H,2,4,7,10-12H2. The van der Waals surface area contributed by atoms with Gasteiger partial charge in [0, 0.05) is 36.2 Å². The van der Waals surface area contributed by atoms with E-state index in [-0.39, 0.29) is 5.75 Å². The van der Waals surface area contributed by atoms with Crippen molar-refractivity contribution in [1.82, 2.24) is 9.71 Å². The van der Waals surface area contributed by atoms with Crippen molar-refractivity contribution in [3.05, 3.63) is 46.4 Å². The van der Waals surface area contributed by atoms with Gasteiger partial charge in [-0.05, 0) is 36.5 Å². The van der Waals surface area contributed by atoms with Gasteiger partial charge in [-0.3, -0.25) is 0 Å². The number of anilines is 1. The Morgan fingerprint density at radius 2 is 2.29 bits per heavy atom. The average Bonchev–Trinajstić information content (AvgIpc) is 3.07. The maximum Gasteiger partial charge on any atom is 0.215 e. The first-order valence-electron chi connectivity index (χ1n) is 7.88. The second-order valence-electron chi connectivity index (χ2n) is 6.01. The summed E-state index contributed by atoms with van der Waals surface area (Å²) in [5, 5.41) is 3.53. The molecule has 1 aliphatic heterocycles. The fourth-order valence-electron chi connectivity index (χ4n) is 2.92. The Morgan fingerprint density at radius 3 is 3.04 bits per heavy atom. The highest BCUT2D eigenvalue weighted by atomic mass is 35.5. The van der Waals surface area contributed by atoms with Crippen LogP contribution in [0, 0.1) is 5.92 Å². The van der Waals surface area contributed by atoms with Gasteiger partial charge in [0.1, 0.15) is 0 Å². The van der Waals surface area contributed by atoms with Crippen LogP contribution in [0.15, 0.2) is 35.8 Å². The largest absolute Gasteiger partial charge is 0.348 e. The molecule has 1 N–H and O–H groups in total. The van der Waals surface area contributed by atoms with Crippen molar-refractivity contribution < 1.29 is 8.42 Å². The molecule has 1 saturated heterocycles. The molecule has 130 valence electrons. The lowest BCUT2D eigenvalue weighted by atomic mass is 9.99. The van der Waals surface area contributed by atoms with Crippen LogP contribution in [0.25, 0.3) is 0 Å². The number of sulfonamides is 1. The van der Waals surface area contributed by atoms with Crippen molar-refractivity contribution >= 4 is 38.1 Å². The number of rotatable bonds is 6. The van der Waals surface area contributed by atoms with Crippen LogP contribution >= 0.6 is 22.9 Å². The van der Waals surface area contributed by atoms with Crippen molar-refractivity contribution in [1.29, 1.82) is 0 Å². The maximum absolute atomic E-state index is 12.3. The molecule has 1 atom stereocenters. The Morgan fingerprint density at radius 1 is 1.42 bits per heavy atom. The quantitative estimate of drug-likeness (QED) is 0.829. The predicted octanol–water partition coefficient (Wildman–Crippen LogP) is 3.13. The first-order valence-corrected chi connectivity index (χ1v) is 10.8. The van der Waals surface area contributed by atoms with E-state index in [0.29, 0.717) is 23.0 Å². The molecular formula is C16H20ClN3O2S2. The van der Waals surface area contributed by atoms with Gasteiger partial charge in [0.2, 0.25) is 10.0 Å². The highest BCUT2D eigenvalue weighted by Crippen LogP contribution is 2.24. The molecule has 1 aromatic heterocycles. The summed E-state index contributed by atoms with van der Waals surface area (Å²) in [5.74, 6) is 0.257. The minimum atomic E-state index is -3.36. The van der Waals surface area contributed by atoms with E-state index in [2.05, 4.69) is 14.6 Å². The number of thiazole rings is 1. The minimum Gasteiger partial charge on any atom is -0.348 e. The molecule has 1 fully saturated rings. The molecule has 1 aliphatic rings. The molecular weight excluding hydrogens is 366 g/mol. The third kappa shape index (κ3) is 4.92. The maximum atomic E-state index is 12.3. The summed E-state index contributed by atoms with van der Waals surface area (Å²) in [5.41, 5.74) is 0.697. The van der Waals surface area contributed by atoms with E-state index < -0.39 is 10.0 Å². The summed E-state index contributed by atoms with van der Waals surface area (Å²) in [7, 11) is -3.36. The monoisotopic (exact) mass is 385 g/mol. The molecule has 8 heteroatoms. The summed E-state index contributed by atoms with van der Waals surface area (Å²) in [6.45, 7) is 2.29. The van der Waals surface area contributed by atoms with Gasteiger partial charge in [0.15, 0.2) is 5.13 Å². The van der Waals surface area contributed by atoms with Crippen molar-refractivity contribution in [3.63, 3.8) is 0 Å². The van der Waals surface area contributed by atoms with Crippen LogP contribution in [-0.4, -0.2) is 33.0 Å². The van der Waals surface area contributed by atoms with Gasteiger partial charge >= 0.3 is 0 Å². The third-order valence-corrected chi connectivity index (χ3v) is 6.43. The number of nitrogens with zero attached hydrogens (tertiary/aromatic N) is 2. The summed E-state index contributed by atoms with van der Waals surface area (Å²) >= 11 is 7.53. The normalized spacial score (nSPS) is 18.7. The highest BCUT2D eigenvalue weighted by Gasteiger charge is 2.23. The molecule has 24 heavy (non-hydrogen) atoms. The van der Waals surface area contributed by atoms with Gasteiger partial charge < -0.3 is 4.90 Å². The molecule has 2 aromatic rings. The van der Waals surface area contributed by atoms with Crippen LogP contribution in [0.4, 0.5) is 5.13 Å². The number of piperidine rings is 1. The number of hydrogen-bond donors (Lipinski definition) is 1. The van der Waals surface area contributed by atoms with Crippen LogP contribution in [0.2, 0.25) is 5.02 Å². The second-order valence-corrected chi connectivity index (χ2v) is 9.12. The van der Waals surface area contributed by atoms with Gasteiger partial charge in [-0.1, -0.05) is 23.7 Å². The lowest BCUT2D eigenvalue weighted by Gasteiger charge is -2.32. The smallest absolute Gasteiger partial charge is 0.215 e. The molecule has 0 bridgehead atoms. The summed E-state index contributed by atoms with van der Waals surface area (Å²) in [6.07, 6.45) is 3.89. The van der Waals surface area contributed by atoms with Crippen molar-refractivity contribution in [2.24, 2.45) is 5.92 Å². The molecule has 0 amide bonds. The van der Waals surface area contributed by atoms with Crippen LogP contribution in [0.5, 0.6) is 0 Å². The van der Waals surface area contributed by atoms with E-state index in [0.717, 1.165) is 31.1 Å². The Kier molecular flexibility index (Phi) is 5.76. The molecule has 2 heterocycles. The fourth-order valence-corrected chi connectivity index (χ4v) is 5.02. The first kappa shape index (κ1) is 17.7. The molecule has 3 rings (SSSR count). The van der Waals surface area contributed by atoms with E-state index in [1.165, 1.54) is 0 Å².